The lowest BCUT2D eigenvalue weighted by Gasteiger charge is -2.45. The van der Waals surface area contributed by atoms with Gasteiger partial charge in [0.15, 0.2) is 15.7 Å². The fourth-order valence-electron chi connectivity index (χ4n) is 3.72. The Bertz CT molecular complexity index is 1070. The molecule has 11 heteroatoms. The number of nitrogens with two attached hydrogens (primary N) is 1. The second-order valence-electron chi connectivity index (χ2n) is 7.97. The van der Waals surface area contributed by atoms with Crippen LogP contribution in [-0.4, -0.2) is 45.3 Å². The van der Waals surface area contributed by atoms with Gasteiger partial charge in [-0.25, -0.2) is 17.8 Å². The van der Waals surface area contributed by atoms with Crippen LogP contribution in [0.15, 0.2) is 35.4 Å². The number of sulfone groups is 1. The molecule has 3 rings (SSSR count). The zero-order valence-electron chi connectivity index (χ0n) is 17.3. The Morgan fingerprint density at radius 1 is 1.19 bits per heavy atom. The molecule has 1 fully saturated rings. The van der Waals surface area contributed by atoms with Crippen molar-refractivity contribution in [2.45, 2.75) is 31.0 Å². The molecule has 1 aliphatic heterocycles. The number of aromatic nitrogens is 1. The van der Waals surface area contributed by atoms with Gasteiger partial charge in [-0.15, -0.1) is 0 Å². The highest BCUT2D eigenvalue weighted by atomic mass is 32.2. The number of rotatable bonds is 4. The van der Waals surface area contributed by atoms with Gasteiger partial charge in [0.1, 0.15) is 10.7 Å². The second kappa shape index (κ2) is 8.18. The van der Waals surface area contributed by atoms with Crippen LogP contribution in [0.25, 0.3) is 0 Å². The van der Waals surface area contributed by atoms with Crippen molar-refractivity contribution < 1.29 is 26.0 Å². The second-order valence-corrected chi connectivity index (χ2v) is 9.96. The van der Waals surface area contributed by atoms with Crippen molar-refractivity contribution in [3.8, 4) is 0 Å². The maximum atomic E-state index is 14.0. The summed E-state index contributed by atoms with van der Waals surface area (Å²) in [4.78, 5) is 7.42. The third kappa shape index (κ3) is 4.86. The number of benzene rings is 1. The van der Waals surface area contributed by atoms with Gasteiger partial charge >= 0.3 is 6.18 Å². The fraction of sp³-hybridized carbons (Fsp3) is 0.450. The van der Waals surface area contributed by atoms with Crippen molar-refractivity contribution in [3.63, 3.8) is 0 Å². The van der Waals surface area contributed by atoms with Crippen LogP contribution in [0.3, 0.4) is 0 Å². The molecule has 0 amide bonds. The zero-order valence-corrected chi connectivity index (χ0v) is 18.1. The van der Waals surface area contributed by atoms with E-state index in [-0.39, 0.29) is 28.4 Å². The van der Waals surface area contributed by atoms with E-state index in [4.69, 9.17) is 5.73 Å². The zero-order chi connectivity index (χ0) is 23.1. The van der Waals surface area contributed by atoms with Crippen molar-refractivity contribution in [1.29, 1.82) is 0 Å². The summed E-state index contributed by atoms with van der Waals surface area (Å²) in [6.07, 6.45) is -2.81. The first-order valence-corrected chi connectivity index (χ1v) is 11.5. The minimum absolute atomic E-state index is 0.0601. The molecule has 2 N–H and O–H groups in total. The van der Waals surface area contributed by atoms with Crippen LogP contribution in [-0.2, 0) is 16.0 Å². The molecule has 0 unspecified atom stereocenters. The molecule has 1 atom stereocenters. The van der Waals surface area contributed by atoms with Crippen molar-refractivity contribution in [3.05, 3.63) is 41.8 Å². The van der Waals surface area contributed by atoms with E-state index >= 15 is 0 Å². The molecule has 0 radical (unpaired) electrons. The number of nitrogens with zero attached hydrogens (tertiary/aromatic N) is 3. The van der Waals surface area contributed by atoms with E-state index in [2.05, 4.69) is 4.98 Å². The summed E-state index contributed by atoms with van der Waals surface area (Å²) in [6, 6.07) is 4.67. The molecule has 1 aromatic carbocycles. The molecule has 0 saturated carbocycles. The van der Waals surface area contributed by atoms with E-state index in [0.717, 1.165) is 24.6 Å². The first-order valence-electron chi connectivity index (χ1n) is 9.63. The highest BCUT2D eigenvalue weighted by Crippen LogP contribution is 2.35. The summed E-state index contributed by atoms with van der Waals surface area (Å²) in [5.74, 6) is -0.449. The van der Waals surface area contributed by atoms with Crippen molar-refractivity contribution in [1.82, 2.24) is 4.98 Å². The van der Waals surface area contributed by atoms with Crippen LogP contribution >= 0.6 is 0 Å². The Labute approximate surface area is 178 Å². The lowest BCUT2D eigenvalue weighted by atomic mass is 9.98. The lowest BCUT2D eigenvalue weighted by molar-refractivity contribution is -0.137. The monoisotopic (exact) mass is 460 g/mol. The summed E-state index contributed by atoms with van der Waals surface area (Å²) in [6.45, 7) is 5.20. The predicted molar refractivity (Wildman–Crippen MR) is 111 cm³/mol. The van der Waals surface area contributed by atoms with Crippen molar-refractivity contribution in [2.24, 2.45) is 5.92 Å². The summed E-state index contributed by atoms with van der Waals surface area (Å²) in [5.41, 5.74) is 5.50. The SMILES string of the molecule is CC(C)[C@@H]1CN(c2ccc(F)c(S(C)(=O)=O)c2)CCN1c1ncc(C(F)(F)F)cc1N. The molecule has 1 saturated heterocycles. The molecule has 6 nitrogen and oxygen atoms in total. The van der Waals surface area contributed by atoms with E-state index in [1.807, 2.05) is 23.6 Å². The van der Waals surface area contributed by atoms with Gasteiger partial charge in [-0.1, -0.05) is 13.8 Å². The Morgan fingerprint density at radius 2 is 1.87 bits per heavy atom. The average molecular weight is 460 g/mol. The highest BCUT2D eigenvalue weighted by Gasteiger charge is 2.35. The van der Waals surface area contributed by atoms with Crippen LogP contribution in [0.1, 0.15) is 19.4 Å². The van der Waals surface area contributed by atoms with Crippen LogP contribution in [0.5, 0.6) is 0 Å². The fourth-order valence-corrected chi connectivity index (χ4v) is 4.48. The molecule has 1 aliphatic rings. The molecule has 0 bridgehead atoms. The first kappa shape index (κ1) is 23.1. The summed E-state index contributed by atoms with van der Waals surface area (Å²) in [7, 11) is -3.73. The van der Waals surface area contributed by atoms with E-state index in [0.29, 0.717) is 25.3 Å². The number of hydrogen-bond donors (Lipinski definition) is 1. The van der Waals surface area contributed by atoms with Crippen molar-refractivity contribution >= 4 is 27.0 Å². The minimum atomic E-state index is -4.53. The van der Waals surface area contributed by atoms with Crippen LogP contribution in [0, 0.1) is 11.7 Å². The number of anilines is 3. The number of pyridine rings is 1. The molecule has 2 heterocycles. The molecule has 2 aromatic rings. The highest BCUT2D eigenvalue weighted by molar-refractivity contribution is 7.90. The lowest BCUT2D eigenvalue weighted by Crippen LogP contribution is -2.56. The molecule has 0 spiro atoms. The van der Waals surface area contributed by atoms with Gasteiger partial charge in [0, 0.05) is 37.8 Å². The third-order valence-corrected chi connectivity index (χ3v) is 6.47. The normalized spacial score (nSPS) is 18.0. The van der Waals surface area contributed by atoms with Gasteiger partial charge in [-0.3, -0.25) is 0 Å². The number of alkyl halides is 3. The Kier molecular flexibility index (Phi) is 6.09. The predicted octanol–water partition coefficient (Wildman–Crippen LogP) is 3.58. The number of hydrogen-bond acceptors (Lipinski definition) is 6. The molecular formula is C20H24F4N4O2S. The van der Waals surface area contributed by atoms with Crippen LogP contribution < -0.4 is 15.5 Å². The van der Waals surface area contributed by atoms with Gasteiger partial charge in [-0.2, -0.15) is 13.2 Å². The van der Waals surface area contributed by atoms with Gasteiger partial charge in [0.25, 0.3) is 0 Å². The third-order valence-electron chi connectivity index (χ3n) is 5.36. The van der Waals surface area contributed by atoms with E-state index in [1.165, 1.54) is 12.1 Å². The van der Waals surface area contributed by atoms with Crippen molar-refractivity contribution in [2.75, 3.05) is 41.4 Å². The summed E-state index contributed by atoms with van der Waals surface area (Å²) >= 11 is 0. The van der Waals surface area contributed by atoms with Crippen LogP contribution in [0.4, 0.5) is 34.8 Å². The molecule has 170 valence electrons. The molecule has 0 aliphatic carbocycles. The van der Waals surface area contributed by atoms with Gasteiger partial charge in [-0.05, 0) is 30.2 Å². The average Bonchev–Trinajstić information content (AvgIpc) is 2.66. The Morgan fingerprint density at radius 3 is 2.42 bits per heavy atom. The first-order chi connectivity index (χ1) is 14.3. The largest absolute Gasteiger partial charge is 0.417 e. The topological polar surface area (TPSA) is 79.5 Å². The minimum Gasteiger partial charge on any atom is -0.396 e. The van der Waals surface area contributed by atoms with E-state index in [9.17, 15) is 26.0 Å². The summed E-state index contributed by atoms with van der Waals surface area (Å²) in [5, 5.41) is 0. The van der Waals surface area contributed by atoms with Gasteiger partial charge in [0.05, 0.1) is 17.3 Å². The quantitative estimate of drug-likeness (QED) is 0.703. The standard InChI is InChI=1S/C20H24F4N4O2S/c1-12(2)17-11-27(14-4-5-15(21)18(9-14)31(3,29)30)6-7-28(17)19-16(25)8-13(10-26-19)20(22,23)24/h4-5,8-10,12,17H,6-7,11,25H2,1-3H3/t17-/m0/s1. The number of piperazine rings is 1. The maximum Gasteiger partial charge on any atom is 0.417 e. The Hall–Kier alpha value is -2.56. The number of nitrogen functional groups attached to an aromatic ring is 1. The Balaban J connectivity index is 1.91. The molecule has 31 heavy (non-hydrogen) atoms. The maximum absolute atomic E-state index is 14.0. The van der Waals surface area contributed by atoms with E-state index < -0.39 is 27.4 Å². The number of halogens is 4. The van der Waals surface area contributed by atoms with E-state index in [1.54, 1.807) is 0 Å². The van der Waals surface area contributed by atoms with Gasteiger partial charge in [0.2, 0.25) is 0 Å². The van der Waals surface area contributed by atoms with Crippen LogP contribution in [0.2, 0.25) is 0 Å². The molecular weight excluding hydrogens is 436 g/mol. The summed E-state index contributed by atoms with van der Waals surface area (Å²) < 4.78 is 76.5. The smallest absolute Gasteiger partial charge is 0.396 e. The molecule has 1 aromatic heterocycles. The van der Waals surface area contributed by atoms with Gasteiger partial charge < -0.3 is 15.5 Å².